The molecule has 0 saturated carbocycles. The minimum Gasteiger partial charge on any atom is -0.350 e. The number of nitrogens with one attached hydrogen (secondary N) is 1. The van der Waals surface area contributed by atoms with Crippen molar-refractivity contribution in [2.75, 3.05) is 7.05 Å². The smallest absolute Gasteiger partial charge is 0.291 e. The maximum Gasteiger partial charge on any atom is 0.291 e. The molecule has 0 aliphatic rings. The van der Waals surface area contributed by atoms with Crippen molar-refractivity contribution in [2.45, 2.75) is 6.82 Å². The van der Waals surface area contributed by atoms with Gasteiger partial charge in [0.2, 0.25) is 0 Å². The molecule has 0 aromatic rings. The summed E-state index contributed by atoms with van der Waals surface area (Å²) in [6.07, 6.45) is 0. The molecule has 0 bridgehead atoms. The van der Waals surface area contributed by atoms with E-state index in [2.05, 4.69) is 34.4 Å². The lowest BCUT2D eigenvalue weighted by atomic mass is 10.0. The number of hydrogen-bond acceptors (Lipinski definition) is 1. The Balaban J connectivity index is 2.54. The summed E-state index contributed by atoms with van der Waals surface area (Å²) in [5.41, 5.74) is 0. The van der Waals surface area contributed by atoms with E-state index < -0.39 is 0 Å². The molecule has 0 spiro atoms. The highest BCUT2D eigenvalue weighted by Crippen LogP contribution is 1.82. The van der Waals surface area contributed by atoms with Gasteiger partial charge in [-0.25, -0.2) is 0 Å². The molecule has 1 N–H and O–H groups in total. The normalized spacial score (nSPS) is 7.80. The minimum absolute atomic E-state index is 0.604. The summed E-state index contributed by atoms with van der Waals surface area (Å²) in [5.74, 6) is 0. The molecule has 3 heteroatoms. The van der Waals surface area contributed by atoms with E-state index in [9.17, 15) is 0 Å². The molecule has 0 amide bonds. The van der Waals surface area contributed by atoms with Crippen LogP contribution in [-0.2, 0) is 0 Å². The molecule has 0 radical (unpaired) electrons. The van der Waals surface area contributed by atoms with Gasteiger partial charge in [0.15, 0.2) is 0 Å². The van der Waals surface area contributed by atoms with Crippen molar-refractivity contribution in [1.82, 2.24) is 5.23 Å². The molecule has 30 valence electrons. The van der Waals surface area contributed by atoms with Crippen LogP contribution in [0.5, 0.6) is 0 Å². The molecule has 0 fully saturated rings. The third-order valence-corrected chi connectivity index (χ3v) is 1.02. The molecule has 0 aliphatic carbocycles. The summed E-state index contributed by atoms with van der Waals surface area (Å²) in [7, 11) is 1.94. The highest BCUT2D eigenvalue weighted by atomic mass is 127. The maximum absolute atomic E-state index is 3.01. The first-order valence-electron chi connectivity index (χ1n) is 1.58. The third kappa shape index (κ3) is 4.75. The van der Waals surface area contributed by atoms with Crippen LogP contribution in [0.4, 0.5) is 0 Å². The van der Waals surface area contributed by atoms with Crippen LogP contribution in [0.2, 0.25) is 6.82 Å². The average Bonchev–Trinajstić information content (AvgIpc) is 1.38. The fraction of sp³-hybridized carbons (Fsp3) is 1.00. The zero-order valence-electron chi connectivity index (χ0n) is 3.46. The summed E-state index contributed by atoms with van der Waals surface area (Å²) in [5, 5.41) is 3.01. The molecule has 0 aromatic carbocycles. The van der Waals surface area contributed by atoms with E-state index in [1.165, 1.54) is 0 Å². The highest BCUT2D eigenvalue weighted by Gasteiger charge is 1.89. The van der Waals surface area contributed by atoms with Gasteiger partial charge in [0, 0.05) is 0 Å². The van der Waals surface area contributed by atoms with Crippen LogP contribution in [-0.4, -0.2) is 11.8 Å². The summed E-state index contributed by atoms with van der Waals surface area (Å²) in [6, 6.07) is 0. The second kappa shape index (κ2) is 2.97. The molecule has 0 unspecified atom stereocenters. The number of halogens is 1. The molecule has 0 rings (SSSR count). The van der Waals surface area contributed by atoms with Gasteiger partial charge in [0.1, 0.15) is 0 Å². The first-order chi connectivity index (χ1) is 2.27. The maximum atomic E-state index is 3.01. The van der Waals surface area contributed by atoms with E-state index in [0.29, 0.717) is 4.70 Å². The Morgan fingerprint density at radius 3 is 2.00 bits per heavy atom. The summed E-state index contributed by atoms with van der Waals surface area (Å²) in [6.45, 7) is 2.10. The fourth-order valence-corrected chi connectivity index (χ4v) is 0. The second-order valence-electron chi connectivity index (χ2n) is 0.905. The van der Waals surface area contributed by atoms with E-state index in [4.69, 9.17) is 0 Å². The SMILES string of the molecule is CNB(C)I. The Labute approximate surface area is 46.5 Å². The summed E-state index contributed by atoms with van der Waals surface area (Å²) < 4.78 is 0.604. The highest BCUT2D eigenvalue weighted by molar-refractivity contribution is 14.1. The second-order valence-corrected chi connectivity index (χ2v) is 2.77. The van der Waals surface area contributed by atoms with Crippen molar-refractivity contribution in [1.29, 1.82) is 0 Å². The van der Waals surface area contributed by atoms with Gasteiger partial charge in [0.05, 0.1) is 0 Å². The average molecular weight is 183 g/mol. The molecule has 0 saturated heterocycles. The minimum atomic E-state index is 0.604. The van der Waals surface area contributed by atoms with Crippen molar-refractivity contribution in [3.8, 4) is 0 Å². The summed E-state index contributed by atoms with van der Waals surface area (Å²) >= 11 is 2.30. The Bertz CT molecular complexity index is 23.6. The Morgan fingerprint density at radius 1 is 1.80 bits per heavy atom. The van der Waals surface area contributed by atoms with Crippen LogP contribution in [0, 0.1) is 0 Å². The monoisotopic (exact) mass is 183 g/mol. The van der Waals surface area contributed by atoms with Crippen molar-refractivity contribution >= 4 is 27.1 Å². The topological polar surface area (TPSA) is 12.0 Å². The third-order valence-electron chi connectivity index (χ3n) is 0.398. The van der Waals surface area contributed by atoms with E-state index in [1.54, 1.807) is 0 Å². The van der Waals surface area contributed by atoms with Gasteiger partial charge in [0.25, 0.3) is 4.70 Å². The molecule has 0 atom stereocenters. The van der Waals surface area contributed by atoms with Crippen LogP contribution in [0.1, 0.15) is 0 Å². The zero-order valence-corrected chi connectivity index (χ0v) is 5.61. The molecule has 0 aromatic heterocycles. The lowest BCUT2D eigenvalue weighted by molar-refractivity contribution is 1.24. The van der Waals surface area contributed by atoms with E-state index >= 15 is 0 Å². The van der Waals surface area contributed by atoms with E-state index in [-0.39, 0.29) is 0 Å². The van der Waals surface area contributed by atoms with Crippen molar-refractivity contribution in [3.05, 3.63) is 0 Å². The predicted molar refractivity (Wildman–Crippen MR) is 34.7 cm³/mol. The van der Waals surface area contributed by atoms with Crippen LogP contribution < -0.4 is 5.23 Å². The van der Waals surface area contributed by atoms with Gasteiger partial charge >= 0.3 is 0 Å². The molecule has 5 heavy (non-hydrogen) atoms. The molecule has 0 aliphatic heterocycles. The largest absolute Gasteiger partial charge is 0.350 e. The van der Waals surface area contributed by atoms with Crippen molar-refractivity contribution < 1.29 is 0 Å². The number of rotatable bonds is 1. The van der Waals surface area contributed by atoms with Crippen molar-refractivity contribution in [3.63, 3.8) is 0 Å². The Kier molecular flexibility index (Phi) is 3.41. The van der Waals surface area contributed by atoms with Gasteiger partial charge < -0.3 is 5.23 Å². The summed E-state index contributed by atoms with van der Waals surface area (Å²) in [4.78, 5) is 0. The Hall–Kier alpha value is 0.755. The molecular formula is C2H7BIN. The predicted octanol–water partition coefficient (Wildman–Crippen LogP) is 0.759. The fourth-order valence-electron chi connectivity index (χ4n) is 0. The first kappa shape index (κ1) is 5.75. The Morgan fingerprint density at radius 2 is 2.00 bits per heavy atom. The molecular weight excluding hydrogens is 176 g/mol. The van der Waals surface area contributed by atoms with E-state index in [1.807, 2.05) is 7.05 Å². The number of hydrogen-bond donors (Lipinski definition) is 1. The molecule has 1 nitrogen and oxygen atoms in total. The van der Waals surface area contributed by atoms with Gasteiger partial charge in [-0.15, -0.1) is 22.4 Å². The van der Waals surface area contributed by atoms with Gasteiger partial charge in [-0.05, 0) is 7.05 Å². The molecule has 0 heterocycles. The van der Waals surface area contributed by atoms with Gasteiger partial charge in [-0.3, -0.25) is 0 Å². The van der Waals surface area contributed by atoms with E-state index in [0.717, 1.165) is 0 Å². The standard InChI is InChI=1S/C2H7BIN/c1-3(4)5-2/h5H,1-2H3. The van der Waals surface area contributed by atoms with Crippen LogP contribution in [0.3, 0.4) is 0 Å². The van der Waals surface area contributed by atoms with Gasteiger partial charge in [-0.2, -0.15) is 0 Å². The van der Waals surface area contributed by atoms with Gasteiger partial charge in [-0.1, -0.05) is 6.82 Å². The quantitative estimate of drug-likeness (QED) is 0.467. The lowest BCUT2D eigenvalue weighted by Gasteiger charge is -1.86. The first-order valence-corrected chi connectivity index (χ1v) is 2.83. The zero-order chi connectivity index (χ0) is 4.28. The van der Waals surface area contributed by atoms with Crippen LogP contribution >= 0.6 is 22.4 Å². The van der Waals surface area contributed by atoms with Crippen molar-refractivity contribution in [2.24, 2.45) is 0 Å². The van der Waals surface area contributed by atoms with Crippen LogP contribution in [0.15, 0.2) is 0 Å². The lowest BCUT2D eigenvalue weighted by Crippen LogP contribution is -2.17. The van der Waals surface area contributed by atoms with Crippen LogP contribution in [0.25, 0.3) is 0 Å².